The smallest absolute Gasteiger partial charge is 0.268 e. The highest BCUT2D eigenvalue weighted by Crippen LogP contribution is 2.37. The van der Waals surface area contributed by atoms with Crippen molar-refractivity contribution < 1.29 is 13.6 Å². The van der Waals surface area contributed by atoms with Crippen molar-refractivity contribution in [1.29, 1.82) is 0 Å². The molecule has 110 valence electrons. The predicted molar refractivity (Wildman–Crippen MR) is 74.6 cm³/mol. The fourth-order valence-corrected chi connectivity index (χ4v) is 2.26. The Bertz CT molecular complexity index is 692. The third-order valence-electron chi connectivity index (χ3n) is 3.48. The van der Waals surface area contributed by atoms with E-state index < -0.39 is 11.6 Å². The lowest BCUT2D eigenvalue weighted by Gasteiger charge is -2.09. The Labute approximate surface area is 120 Å². The standard InChI is InChI=1S/C15H15F2N3O/c16-12-4-1-9(5-13(12)17)7-19-15(21)14-6-10(18)8-20(14)11-2-3-11/h1,4-6,8,11H,2-3,7,18H2,(H,19,21). The molecule has 0 unspecified atom stereocenters. The van der Waals surface area contributed by atoms with Gasteiger partial charge in [0.2, 0.25) is 0 Å². The minimum atomic E-state index is -0.924. The van der Waals surface area contributed by atoms with Gasteiger partial charge in [0.05, 0.1) is 5.69 Å². The summed E-state index contributed by atoms with van der Waals surface area (Å²) in [5, 5.41) is 2.69. The molecule has 0 atom stereocenters. The molecule has 6 heteroatoms. The second-order valence-electron chi connectivity index (χ2n) is 5.23. The van der Waals surface area contributed by atoms with Crippen molar-refractivity contribution in [2.24, 2.45) is 0 Å². The lowest BCUT2D eigenvalue weighted by molar-refractivity contribution is 0.0941. The Balaban J connectivity index is 1.70. The Morgan fingerprint density at radius 1 is 1.29 bits per heavy atom. The van der Waals surface area contributed by atoms with Crippen molar-refractivity contribution in [3.05, 3.63) is 53.4 Å². The highest BCUT2D eigenvalue weighted by atomic mass is 19.2. The number of aromatic nitrogens is 1. The summed E-state index contributed by atoms with van der Waals surface area (Å²) in [4.78, 5) is 12.2. The molecule has 3 N–H and O–H groups in total. The molecular formula is C15H15F2N3O. The van der Waals surface area contributed by atoms with Crippen LogP contribution in [-0.4, -0.2) is 10.5 Å². The molecule has 1 aliphatic carbocycles. The molecule has 0 aliphatic heterocycles. The van der Waals surface area contributed by atoms with E-state index >= 15 is 0 Å². The molecule has 0 spiro atoms. The van der Waals surface area contributed by atoms with Gasteiger partial charge >= 0.3 is 0 Å². The highest BCUT2D eigenvalue weighted by molar-refractivity contribution is 5.93. The van der Waals surface area contributed by atoms with Crippen molar-refractivity contribution in [3.63, 3.8) is 0 Å². The quantitative estimate of drug-likeness (QED) is 0.909. The molecule has 0 bridgehead atoms. The third-order valence-corrected chi connectivity index (χ3v) is 3.48. The summed E-state index contributed by atoms with van der Waals surface area (Å²) in [6.07, 6.45) is 3.83. The summed E-state index contributed by atoms with van der Waals surface area (Å²) < 4.78 is 27.8. The number of hydrogen-bond donors (Lipinski definition) is 2. The van der Waals surface area contributed by atoms with Crippen molar-refractivity contribution in [1.82, 2.24) is 9.88 Å². The average molecular weight is 291 g/mol. The fraction of sp³-hybridized carbons (Fsp3) is 0.267. The molecule has 0 saturated heterocycles. The van der Waals surface area contributed by atoms with Gasteiger partial charge < -0.3 is 15.6 Å². The van der Waals surface area contributed by atoms with E-state index in [2.05, 4.69) is 5.32 Å². The second-order valence-corrected chi connectivity index (χ2v) is 5.23. The average Bonchev–Trinajstić information content (AvgIpc) is 3.22. The molecule has 1 aliphatic rings. The Hall–Kier alpha value is -2.37. The van der Waals surface area contributed by atoms with Gasteiger partial charge in [-0.1, -0.05) is 6.07 Å². The van der Waals surface area contributed by atoms with E-state index in [1.54, 1.807) is 12.3 Å². The lowest BCUT2D eigenvalue weighted by atomic mass is 10.2. The number of carbonyl (C=O) groups is 1. The zero-order valence-electron chi connectivity index (χ0n) is 11.3. The largest absolute Gasteiger partial charge is 0.397 e. The molecule has 1 amide bonds. The number of nitrogens with one attached hydrogen (secondary N) is 1. The predicted octanol–water partition coefficient (Wildman–Crippen LogP) is 2.61. The zero-order valence-corrected chi connectivity index (χ0v) is 11.3. The maximum atomic E-state index is 13.1. The molecule has 1 saturated carbocycles. The van der Waals surface area contributed by atoms with Gasteiger partial charge in [0, 0.05) is 18.8 Å². The highest BCUT2D eigenvalue weighted by Gasteiger charge is 2.27. The van der Waals surface area contributed by atoms with E-state index in [-0.39, 0.29) is 12.5 Å². The van der Waals surface area contributed by atoms with Crippen LogP contribution in [0.15, 0.2) is 30.5 Å². The van der Waals surface area contributed by atoms with Crippen LogP contribution < -0.4 is 11.1 Å². The first-order valence-electron chi connectivity index (χ1n) is 6.74. The van der Waals surface area contributed by atoms with Crippen molar-refractivity contribution in [3.8, 4) is 0 Å². The number of nitrogen functional groups attached to an aromatic ring is 1. The number of nitrogens with two attached hydrogens (primary N) is 1. The van der Waals surface area contributed by atoms with E-state index in [1.807, 2.05) is 4.57 Å². The molecule has 1 aromatic heterocycles. The van der Waals surface area contributed by atoms with E-state index in [4.69, 9.17) is 5.73 Å². The number of nitrogens with zero attached hydrogens (tertiary/aromatic N) is 1. The van der Waals surface area contributed by atoms with E-state index in [0.29, 0.717) is 23.0 Å². The van der Waals surface area contributed by atoms with Crippen LogP contribution in [0.5, 0.6) is 0 Å². The van der Waals surface area contributed by atoms with Gasteiger partial charge in [0.15, 0.2) is 11.6 Å². The zero-order chi connectivity index (χ0) is 15.0. The molecule has 1 aromatic carbocycles. The monoisotopic (exact) mass is 291 g/mol. The molecule has 21 heavy (non-hydrogen) atoms. The van der Waals surface area contributed by atoms with Gasteiger partial charge in [-0.05, 0) is 36.6 Å². The van der Waals surface area contributed by atoms with E-state index in [0.717, 1.165) is 25.0 Å². The van der Waals surface area contributed by atoms with Crippen LogP contribution >= 0.6 is 0 Å². The number of benzene rings is 1. The number of halogens is 2. The van der Waals surface area contributed by atoms with E-state index in [9.17, 15) is 13.6 Å². The molecule has 4 nitrogen and oxygen atoms in total. The van der Waals surface area contributed by atoms with Gasteiger partial charge in [-0.3, -0.25) is 4.79 Å². The van der Waals surface area contributed by atoms with Crippen molar-refractivity contribution in [2.75, 3.05) is 5.73 Å². The van der Waals surface area contributed by atoms with Crippen LogP contribution in [0, 0.1) is 11.6 Å². The van der Waals surface area contributed by atoms with Crippen LogP contribution in [0.3, 0.4) is 0 Å². The van der Waals surface area contributed by atoms with Crippen LogP contribution in [0.1, 0.15) is 34.9 Å². The molecular weight excluding hydrogens is 276 g/mol. The van der Waals surface area contributed by atoms with E-state index in [1.165, 1.54) is 6.07 Å². The van der Waals surface area contributed by atoms with Crippen molar-refractivity contribution >= 4 is 11.6 Å². The molecule has 1 fully saturated rings. The fourth-order valence-electron chi connectivity index (χ4n) is 2.26. The summed E-state index contributed by atoms with van der Waals surface area (Å²) in [6, 6.07) is 5.52. The second kappa shape index (κ2) is 5.20. The first kappa shape index (κ1) is 13.6. The summed E-state index contributed by atoms with van der Waals surface area (Å²) >= 11 is 0. The maximum Gasteiger partial charge on any atom is 0.268 e. The van der Waals surface area contributed by atoms with Gasteiger partial charge in [-0.15, -0.1) is 0 Å². The first-order valence-corrected chi connectivity index (χ1v) is 6.74. The topological polar surface area (TPSA) is 60.1 Å². The number of amides is 1. The minimum Gasteiger partial charge on any atom is -0.397 e. The number of carbonyl (C=O) groups excluding carboxylic acids is 1. The molecule has 1 heterocycles. The third kappa shape index (κ3) is 2.89. The Morgan fingerprint density at radius 2 is 2.05 bits per heavy atom. The number of hydrogen-bond acceptors (Lipinski definition) is 2. The van der Waals surface area contributed by atoms with Gasteiger partial charge in [0.1, 0.15) is 5.69 Å². The normalized spacial score (nSPS) is 14.2. The first-order chi connectivity index (χ1) is 10.0. The lowest BCUT2D eigenvalue weighted by Crippen LogP contribution is -2.25. The minimum absolute atomic E-state index is 0.131. The van der Waals surface area contributed by atoms with Crippen LogP contribution in [0.4, 0.5) is 14.5 Å². The Morgan fingerprint density at radius 3 is 2.71 bits per heavy atom. The summed E-state index contributed by atoms with van der Waals surface area (Å²) in [5.41, 5.74) is 7.27. The van der Waals surface area contributed by atoms with Gasteiger partial charge in [0.25, 0.3) is 5.91 Å². The maximum absolute atomic E-state index is 13.1. The van der Waals surface area contributed by atoms with Gasteiger partial charge in [-0.2, -0.15) is 0 Å². The summed E-state index contributed by atoms with van der Waals surface area (Å²) in [7, 11) is 0. The summed E-state index contributed by atoms with van der Waals surface area (Å²) in [5.74, 6) is -2.10. The van der Waals surface area contributed by atoms with Crippen LogP contribution in [0.2, 0.25) is 0 Å². The van der Waals surface area contributed by atoms with Crippen LogP contribution in [-0.2, 0) is 6.54 Å². The van der Waals surface area contributed by atoms with Crippen LogP contribution in [0.25, 0.3) is 0 Å². The molecule has 0 radical (unpaired) electrons. The molecule has 3 rings (SSSR count). The number of anilines is 1. The number of rotatable bonds is 4. The van der Waals surface area contributed by atoms with Crippen molar-refractivity contribution in [2.45, 2.75) is 25.4 Å². The Kier molecular flexibility index (Phi) is 3.37. The molecule has 2 aromatic rings. The van der Waals surface area contributed by atoms with Gasteiger partial charge in [-0.25, -0.2) is 8.78 Å². The SMILES string of the molecule is Nc1cc(C(=O)NCc2ccc(F)c(F)c2)n(C2CC2)c1. The summed E-state index contributed by atoms with van der Waals surface area (Å²) in [6.45, 7) is 0.131.